The summed E-state index contributed by atoms with van der Waals surface area (Å²) in [4.78, 5) is 21.6. The highest BCUT2D eigenvalue weighted by atomic mass is 19.1. The Bertz CT molecular complexity index is 1180. The Balaban J connectivity index is 0.854. The highest BCUT2D eigenvalue weighted by Crippen LogP contribution is 2.57. The summed E-state index contributed by atoms with van der Waals surface area (Å²) < 4.78 is 14.2. The molecule has 34 heavy (non-hydrogen) atoms. The molecule has 7 rings (SSSR count). The molecule has 2 amide bonds. The fourth-order valence-electron chi connectivity index (χ4n) is 7.09. The number of aromatic amines is 1. The fourth-order valence-corrected chi connectivity index (χ4v) is 7.09. The highest BCUT2D eigenvalue weighted by Gasteiger charge is 2.58. The first-order chi connectivity index (χ1) is 16.4. The zero-order chi connectivity index (χ0) is 23.1. The molecule has 7 nitrogen and oxygen atoms in total. The molecule has 8 heteroatoms. The number of halogens is 1. The topological polar surface area (TPSA) is 88.9 Å². The predicted octanol–water partition coefficient (Wildman–Crippen LogP) is 3.95. The number of carbonyl (C=O) groups excluding carboxylic acids is 1. The van der Waals surface area contributed by atoms with Crippen molar-refractivity contribution in [2.75, 3.05) is 26.2 Å². The van der Waals surface area contributed by atoms with Crippen LogP contribution < -0.4 is 0 Å². The second-order valence-corrected chi connectivity index (χ2v) is 11.8. The molecule has 0 bridgehead atoms. The van der Waals surface area contributed by atoms with Crippen LogP contribution in [-0.2, 0) is 6.42 Å². The standard InChI is InChI=1S/C26H29FN6O/c27-21-6-16(11-28)1-2-19(21)5-17-7-25(8-17)12-32(13-25)24(34)33-14-26(15-33)9-20(10-26)23-29-22(30-31-23)18-3-4-18/h1-2,6,17-18,20H,3-5,7-10,12-15H2,(H,29,30,31). The Morgan fingerprint density at radius 3 is 2.38 bits per heavy atom. The van der Waals surface area contributed by atoms with E-state index in [1.807, 2.05) is 15.9 Å². The minimum atomic E-state index is -0.276. The first-order valence-corrected chi connectivity index (χ1v) is 12.6. The molecular weight excluding hydrogens is 431 g/mol. The third kappa shape index (κ3) is 3.24. The van der Waals surface area contributed by atoms with Crippen molar-refractivity contribution < 1.29 is 9.18 Å². The minimum absolute atomic E-state index is 0.190. The van der Waals surface area contributed by atoms with Crippen LogP contribution in [0.1, 0.15) is 73.1 Å². The lowest BCUT2D eigenvalue weighted by Crippen LogP contribution is -2.71. The van der Waals surface area contributed by atoms with Gasteiger partial charge in [-0.15, -0.1) is 0 Å². The van der Waals surface area contributed by atoms with Crippen LogP contribution in [0.5, 0.6) is 0 Å². The molecule has 1 aromatic carbocycles. The first kappa shape index (κ1) is 20.4. The van der Waals surface area contributed by atoms with Gasteiger partial charge in [-0.05, 0) is 68.6 Å². The van der Waals surface area contributed by atoms with Gasteiger partial charge in [-0.2, -0.15) is 10.4 Å². The van der Waals surface area contributed by atoms with E-state index in [4.69, 9.17) is 10.2 Å². The van der Waals surface area contributed by atoms with Crippen molar-refractivity contribution in [3.05, 3.63) is 46.8 Å². The van der Waals surface area contributed by atoms with Crippen molar-refractivity contribution in [2.45, 2.75) is 56.8 Å². The fraction of sp³-hybridized carbons (Fsp3) is 0.615. The van der Waals surface area contributed by atoms with E-state index in [0.717, 1.165) is 69.9 Å². The number of hydrogen-bond acceptors (Lipinski definition) is 4. The number of carbonyl (C=O) groups is 1. The number of H-pyrrole nitrogens is 1. The molecule has 0 radical (unpaired) electrons. The number of nitriles is 1. The molecule has 2 aromatic rings. The molecule has 0 unspecified atom stereocenters. The smallest absolute Gasteiger partial charge is 0.320 e. The predicted molar refractivity (Wildman–Crippen MR) is 121 cm³/mol. The molecule has 2 spiro atoms. The van der Waals surface area contributed by atoms with Crippen molar-refractivity contribution >= 4 is 6.03 Å². The summed E-state index contributed by atoms with van der Waals surface area (Å²) in [6.45, 7) is 3.41. The second-order valence-electron chi connectivity index (χ2n) is 11.8. The third-order valence-corrected chi connectivity index (χ3v) is 8.99. The zero-order valence-corrected chi connectivity index (χ0v) is 19.3. The van der Waals surface area contributed by atoms with E-state index >= 15 is 0 Å². The lowest BCUT2D eigenvalue weighted by Gasteiger charge is -2.63. The summed E-state index contributed by atoms with van der Waals surface area (Å²) in [5.74, 6) is 3.28. The van der Waals surface area contributed by atoms with E-state index in [0.29, 0.717) is 28.9 Å². The summed E-state index contributed by atoms with van der Waals surface area (Å²) >= 11 is 0. The van der Waals surface area contributed by atoms with Crippen LogP contribution in [0.25, 0.3) is 0 Å². The number of hydrogen-bond donors (Lipinski definition) is 1. The first-order valence-electron chi connectivity index (χ1n) is 12.6. The Labute approximate surface area is 198 Å². The maximum absolute atomic E-state index is 14.2. The Morgan fingerprint density at radius 1 is 1.09 bits per heavy atom. The zero-order valence-electron chi connectivity index (χ0n) is 19.3. The molecule has 1 N–H and O–H groups in total. The number of likely N-dealkylation sites (tertiary alicyclic amines) is 2. The second kappa shape index (κ2) is 7.03. The monoisotopic (exact) mass is 460 g/mol. The van der Waals surface area contributed by atoms with Gasteiger partial charge in [-0.1, -0.05) is 6.07 Å². The summed E-state index contributed by atoms with van der Waals surface area (Å²) in [5.41, 5.74) is 1.60. The normalized spacial score (nSPS) is 24.8. The minimum Gasteiger partial charge on any atom is -0.323 e. The SMILES string of the molecule is N#Cc1ccc(CC2CC3(C2)CN(C(=O)N2CC4(CC(c5n[nH]c(C6CC6)n5)C4)C2)C3)c(F)c1. The maximum atomic E-state index is 14.2. The van der Waals surface area contributed by atoms with Gasteiger partial charge in [0.25, 0.3) is 0 Å². The Hall–Kier alpha value is -2.95. The van der Waals surface area contributed by atoms with E-state index in [-0.39, 0.29) is 22.7 Å². The Morgan fingerprint density at radius 2 is 1.76 bits per heavy atom. The van der Waals surface area contributed by atoms with Crippen LogP contribution in [-0.4, -0.2) is 57.2 Å². The number of aromatic nitrogens is 3. The number of urea groups is 1. The molecule has 1 aromatic heterocycles. The molecule has 176 valence electrons. The number of nitrogens with one attached hydrogen (secondary N) is 1. The van der Waals surface area contributed by atoms with Crippen molar-refractivity contribution in [1.82, 2.24) is 25.0 Å². The van der Waals surface area contributed by atoms with Crippen LogP contribution >= 0.6 is 0 Å². The van der Waals surface area contributed by atoms with Gasteiger partial charge >= 0.3 is 6.03 Å². The molecule has 3 saturated carbocycles. The van der Waals surface area contributed by atoms with Crippen LogP contribution in [0.3, 0.4) is 0 Å². The number of nitrogens with zero attached hydrogens (tertiary/aromatic N) is 5. The van der Waals surface area contributed by atoms with Crippen molar-refractivity contribution in [3.63, 3.8) is 0 Å². The van der Waals surface area contributed by atoms with Crippen LogP contribution in [0, 0.1) is 33.9 Å². The number of benzene rings is 1. The van der Waals surface area contributed by atoms with Gasteiger partial charge in [0.1, 0.15) is 11.6 Å². The van der Waals surface area contributed by atoms with Gasteiger partial charge in [0.05, 0.1) is 11.6 Å². The number of amides is 2. The Kier molecular flexibility index (Phi) is 4.22. The number of rotatable bonds is 4. The molecule has 2 saturated heterocycles. The maximum Gasteiger partial charge on any atom is 0.320 e. The van der Waals surface area contributed by atoms with Gasteiger partial charge in [0.15, 0.2) is 5.82 Å². The van der Waals surface area contributed by atoms with Gasteiger partial charge in [-0.25, -0.2) is 14.2 Å². The summed E-state index contributed by atoms with van der Waals surface area (Å²) in [5, 5.41) is 16.5. The quantitative estimate of drug-likeness (QED) is 0.748. The molecule has 3 heterocycles. The lowest BCUT2D eigenvalue weighted by molar-refractivity contribution is -0.100. The van der Waals surface area contributed by atoms with Crippen molar-refractivity contribution in [1.29, 1.82) is 5.26 Å². The average Bonchev–Trinajstić information content (AvgIpc) is 3.45. The van der Waals surface area contributed by atoms with Gasteiger partial charge in [-0.3, -0.25) is 5.10 Å². The van der Waals surface area contributed by atoms with Crippen molar-refractivity contribution in [3.8, 4) is 6.07 Å². The largest absolute Gasteiger partial charge is 0.323 e. The van der Waals surface area contributed by atoms with E-state index in [9.17, 15) is 9.18 Å². The molecule has 0 atom stereocenters. The molecular formula is C26H29FN6O. The summed E-state index contributed by atoms with van der Waals surface area (Å²) in [7, 11) is 0. The molecule has 5 fully saturated rings. The van der Waals surface area contributed by atoms with Gasteiger partial charge < -0.3 is 9.80 Å². The molecule has 2 aliphatic heterocycles. The van der Waals surface area contributed by atoms with Crippen LogP contribution in [0.2, 0.25) is 0 Å². The van der Waals surface area contributed by atoms with E-state index in [1.165, 1.54) is 18.9 Å². The lowest BCUT2D eigenvalue weighted by atomic mass is 9.56. The average molecular weight is 461 g/mol. The summed E-state index contributed by atoms with van der Waals surface area (Å²) in [6, 6.07) is 6.94. The van der Waals surface area contributed by atoms with E-state index in [2.05, 4.69) is 10.2 Å². The van der Waals surface area contributed by atoms with Crippen LogP contribution in [0.15, 0.2) is 18.2 Å². The van der Waals surface area contributed by atoms with E-state index < -0.39 is 0 Å². The van der Waals surface area contributed by atoms with Crippen LogP contribution in [0.4, 0.5) is 9.18 Å². The van der Waals surface area contributed by atoms with E-state index in [1.54, 1.807) is 12.1 Å². The molecule has 3 aliphatic carbocycles. The third-order valence-electron chi connectivity index (χ3n) is 8.99. The van der Waals surface area contributed by atoms with Crippen molar-refractivity contribution in [2.24, 2.45) is 16.7 Å². The molecule has 5 aliphatic rings. The van der Waals surface area contributed by atoms with Gasteiger partial charge in [0, 0.05) is 48.8 Å². The summed E-state index contributed by atoms with van der Waals surface area (Å²) in [6.07, 6.45) is 7.48. The van der Waals surface area contributed by atoms with Gasteiger partial charge in [0.2, 0.25) is 0 Å². The highest BCUT2D eigenvalue weighted by molar-refractivity contribution is 5.77.